The third kappa shape index (κ3) is 3.62. The van der Waals surface area contributed by atoms with Crippen LogP contribution >= 0.6 is 0 Å². The van der Waals surface area contributed by atoms with Crippen LogP contribution in [0.25, 0.3) is 6.08 Å². The molecule has 0 saturated carbocycles. The molecule has 1 aromatic carbocycles. The van der Waals surface area contributed by atoms with Crippen LogP contribution in [0.15, 0.2) is 35.4 Å². The summed E-state index contributed by atoms with van der Waals surface area (Å²) in [6, 6.07) is 2.36. The average molecular weight is 399 g/mol. The molecule has 0 radical (unpaired) electrons. The van der Waals surface area contributed by atoms with Gasteiger partial charge in [-0.2, -0.15) is 0 Å². The second-order valence-corrected chi connectivity index (χ2v) is 7.81. The Morgan fingerprint density at radius 2 is 2.04 bits per heavy atom. The molecule has 27 heavy (non-hydrogen) atoms. The predicted octanol–water partition coefficient (Wildman–Crippen LogP) is 3.05. The summed E-state index contributed by atoms with van der Waals surface area (Å²) in [5.41, 5.74) is -0.649. The monoisotopic (exact) mass is 399 g/mol. The van der Waals surface area contributed by atoms with Gasteiger partial charge in [0, 0.05) is 30.5 Å². The minimum atomic E-state index is -3.82. The van der Waals surface area contributed by atoms with Crippen LogP contribution in [0.3, 0.4) is 0 Å². The van der Waals surface area contributed by atoms with Crippen LogP contribution in [-0.4, -0.2) is 24.9 Å². The van der Waals surface area contributed by atoms with Crippen LogP contribution in [0.5, 0.6) is 0 Å². The standard InChI is InChI=1S/C17H16F3N3O3S/c1-9-3-5-11-14(27(25,26)22-9)8-23(2)15(11)17(24)21-10-4-6-13(18)12(7-10)16(19)20/h3-9,16,22H,1-2H3,(H,21,24). The van der Waals surface area contributed by atoms with Crippen LogP contribution < -0.4 is 10.0 Å². The van der Waals surface area contributed by atoms with Gasteiger partial charge in [0.1, 0.15) is 16.4 Å². The predicted molar refractivity (Wildman–Crippen MR) is 93.5 cm³/mol. The Hall–Kier alpha value is -2.59. The minimum Gasteiger partial charge on any atom is -0.345 e. The van der Waals surface area contributed by atoms with E-state index in [1.54, 1.807) is 13.0 Å². The molecule has 1 aliphatic rings. The first-order valence-electron chi connectivity index (χ1n) is 7.89. The van der Waals surface area contributed by atoms with E-state index >= 15 is 0 Å². The molecule has 1 atom stereocenters. The highest BCUT2D eigenvalue weighted by Gasteiger charge is 2.29. The fraction of sp³-hybridized carbons (Fsp3) is 0.235. The summed E-state index contributed by atoms with van der Waals surface area (Å²) in [7, 11) is -2.33. The van der Waals surface area contributed by atoms with Crippen molar-refractivity contribution in [3.8, 4) is 0 Å². The number of hydrogen-bond donors (Lipinski definition) is 2. The lowest BCUT2D eigenvalue weighted by Gasteiger charge is -2.10. The molecule has 6 nitrogen and oxygen atoms in total. The molecule has 0 saturated heterocycles. The lowest BCUT2D eigenvalue weighted by molar-refractivity contribution is 0.101. The zero-order valence-electron chi connectivity index (χ0n) is 14.3. The van der Waals surface area contributed by atoms with Gasteiger partial charge in [-0.3, -0.25) is 4.79 Å². The summed E-state index contributed by atoms with van der Waals surface area (Å²) in [4.78, 5) is 12.6. The zero-order chi connectivity index (χ0) is 19.9. The third-order valence-corrected chi connectivity index (χ3v) is 5.66. The average Bonchev–Trinajstić information content (AvgIpc) is 2.86. The largest absolute Gasteiger partial charge is 0.345 e. The molecule has 0 bridgehead atoms. The molecule has 2 N–H and O–H groups in total. The molecule has 10 heteroatoms. The van der Waals surface area contributed by atoms with E-state index in [1.165, 1.54) is 23.9 Å². The van der Waals surface area contributed by atoms with Crippen molar-refractivity contribution < 1.29 is 26.4 Å². The number of amides is 1. The second-order valence-electron chi connectivity index (χ2n) is 6.13. The van der Waals surface area contributed by atoms with Crippen LogP contribution in [0, 0.1) is 5.82 Å². The van der Waals surface area contributed by atoms with Gasteiger partial charge in [-0.05, 0) is 25.1 Å². The Bertz CT molecular complexity index is 1050. The highest BCUT2D eigenvalue weighted by Crippen LogP contribution is 2.28. The van der Waals surface area contributed by atoms with Gasteiger partial charge in [-0.1, -0.05) is 12.2 Å². The summed E-state index contributed by atoms with van der Waals surface area (Å²) in [6.45, 7) is 1.64. The molecular formula is C17H16F3N3O3S. The van der Waals surface area contributed by atoms with Crippen LogP contribution in [0.2, 0.25) is 0 Å². The number of halogens is 3. The first-order chi connectivity index (χ1) is 12.6. The maximum atomic E-state index is 13.4. The van der Waals surface area contributed by atoms with Crippen molar-refractivity contribution >= 4 is 27.7 Å². The van der Waals surface area contributed by atoms with Gasteiger partial charge in [-0.15, -0.1) is 0 Å². The number of nitrogens with zero attached hydrogens (tertiary/aromatic N) is 1. The third-order valence-electron chi connectivity index (χ3n) is 4.07. The van der Waals surface area contributed by atoms with Gasteiger partial charge < -0.3 is 9.88 Å². The number of carbonyl (C=O) groups is 1. The molecule has 1 amide bonds. The van der Waals surface area contributed by atoms with Crippen LogP contribution in [-0.2, 0) is 17.1 Å². The molecule has 1 unspecified atom stereocenters. The number of carbonyl (C=O) groups excluding carboxylic acids is 1. The Balaban J connectivity index is 2.01. The Morgan fingerprint density at radius 1 is 1.33 bits per heavy atom. The van der Waals surface area contributed by atoms with Gasteiger partial charge in [0.05, 0.1) is 5.56 Å². The fourth-order valence-corrected chi connectivity index (χ4v) is 4.29. The number of fused-ring (bicyclic) bond motifs is 1. The highest BCUT2D eigenvalue weighted by molar-refractivity contribution is 7.89. The molecule has 2 heterocycles. The van der Waals surface area contributed by atoms with Gasteiger partial charge >= 0.3 is 0 Å². The summed E-state index contributed by atoms with van der Waals surface area (Å²) < 4.78 is 67.6. The number of nitrogens with one attached hydrogen (secondary N) is 2. The molecule has 2 aromatic rings. The summed E-state index contributed by atoms with van der Waals surface area (Å²) in [5.74, 6) is -1.79. The number of anilines is 1. The van der Waals surface area contributed by atoms with Crippen molar-refractivity contribution in [3.63, 3.8) is 0 Å². The number of alkyl halides is 2. The maximum Gasteiger partial charge on any atom is 0.272 e. The van der Waals surface area contributed by atoms with E-state index in [2.05, 4.69) is 10.0 Å². The first-order valence-corrected chi connectivity index (χ1v) is 9.37. The van der Waals surface area contributed by atoms with Gasteiger partial charge in [0.2, 0.25) is 10.0 Å². The molecule has 1 aliphatic heterocycles. The van der Waals surface area contributed by atoms with Crippen molar-refractivity contribution in [1.29, 1.82) is 0 Å². The molecule has 0 aliphatic carbocycles. The number of sulfonamides is 1. The quantitative estimate of drug-likeness (QED) is 0.833. The molecule has 1 aromatic heterocycles. The van der Waals surface area contributed by atoms with Crippen LogP contribution in [0.4, 0.5) is 18.9 Å². The number of rotatable bonds is 3. The summed E-state index contributed by atoms with van der Waals surface area (Å²) >= 11 is 0. The SMILES string of the molecule is CC1C=Cc2c(cn(C)c2C(=O)Nc2ccc(F)c(C(F)F)c2)S(=O)(=O)N1. The molecule has 144 valence electrons. The van der Waals surface area contributed by atoms with Crippen molar-refractivity contribution in [2.24, 2.45) is 7.05 Å². The Morgan fingerprint density at radius 3 is 2.70 bits per heavy atom. The van der Waals surface area contributed by atoms with Crippen molar-refractivity contribution in [2.45, 2.75) is 24.3 Å². The maximum absolute atomic E-state index is 13.4. The summed E-state index contributed by atoms with van der Waals surface area (Å²) in [6.07, 6.45) is 1.37. The zero-order valence-corrected chi connectivity index (χ0v) is 15.1. The highest BCUT2D eigenvalue weighted by atomic mass is 32.2. The lowest BCUT2D eigenvalue weighted by atomic mass is 10.1. The normalized spacial score (nSPS) is 18.2. The number of aromatic nitrogens is 1. The molecule has 0 fully saturated rings. The van der Waals surface area contributed by atoms with Gasteiger partial charge in [-0.25, -0.2) is 26.3 Å². The van der Waals surface area contributed by atoms with Crippen molar-refractivity contribution in [3.05, 3.63) is 53.1 Å². The van der Waals surface area contributed by atoms with Crippen molar-refractivity contribution in [2.75, 3.05) is 5.32 Å². The van der Waals surface area contributed by atoms with E-state index in [0.717, 1.165) is 18.2 Å². The van der Waals surface area contributed by atoms with Crippen molar-refractivity contribution in [1.82, 2.24) is 9.29 Å². The van der Waals surface area contributed by atoms with E-state index in [0.29, 0.717) is 0 Å². The minimum absolute atomic E-state index is 0.0291. The fourth-order valence-electron chi connectivity index (χ4n) is 2.84. The number of hydrogen-bond acceptors (Lipinski definition) is 3. The Labute approximate surface area is 153 Å². The summed E-state index contributed by atoms with van der Waals surface area (Å²) in [5, 5.41) is 2.41. The molecular weight excluding hydrogens is 383 g/mol. The Kier molecular flexibility index (Phi) is 4.87. The van der Waals surface area contributed by atoms with E-state index in [1.807, 2.05) is 0 Å². The lowest BCUT2D eigenvalue weighted by Crippen LogP contribution is -2.30. The van der Waals surface area contributed by atoms with Gasteiger partial charge in [0.25, 0.3) is 12.3 Å². The van der Waals surface area contributed by atoms with E-state index in [-0.39, 0.29) is 21.8 Å². The second kappa shape index (κ2) is 6.86. The van der Waals surface area contributed by atoms with Gasteiger partial charge in [0.15, 0.2) is 0 Å². The first kappa shape index (κ1) is 19.2. The number of benzene rings is 1. The molecule has 3 rings (SSSR count). The topological polar surface area (TPSA) is 80.2 Å². The molecule has 0 spiro atoms. The smallest absolute Gasteiger partial charge is 0.272 e. The van der Waals surface area contributed by atoms with E-state index < -0.39 is 39.8 Å². The van der Waals surface area contributed by atoms with E-state index in [9.17, 15) is 26.4 Å². The van der Waals surface area contributed by atoms with E-state index in [4.69, 9.17) is 0 Å². The van der Waals surface area contributed by atoms with Crippen LogP contribution in [0.1, 0.15) is 35.0 Å². The number of aryl methyl sites for hydroxylation is 1.